The average Bonchev–Trinajstić information content (AvgIpc) is 2.65. The summed E-state index contributed by atoms with van der Waals surface area (Å²) in [6.07, 6.45) is -3.27. The Hall–Kier alpha value is -3.00. The van der Waals surface area contributed by atoms with Crippen LogP contribution in [-0.2, 0) is 9.53 Å². The lowest BCUT2D eigenvalue weighted by Gasteiger charge is -2.30. The zero-order chi connectivity index (χ0) is 20.2. The molecule has 0 aliphatic rings. The van der Waals surface area contributed by atoms with Crippen LogP contribution in [0.3, 0.4) is 0 Å². The third-order valence-electron chi connectivity index (χ3n) is 4.13. The summed E-state index contributed by atoms with van der Waals surface area (Å²) in [5, 5.41) is 12.0. The summed E-state index contributed by atoms with van der Waals surface area (Å²) in [5.74, 6) is -1.97. The highest BCUT2D eigenvalue weighted by molar-refractivity contribution is 5.97. The van der Waals surface area contributed by atoms with Crippen LogP contribution < -0.4 is 11.1 Å². The van der Waals surface area contributed by atoms with Gasteiger partial charge in [0.05, 0.1) is 7.11 Å². The molecular weight excluding hydrogens is 358 g/mol. The molecule has 2 rings (SSSR count). The van der Waals surface area contributed by atoms with E-state index in [1.54, 1.807) is 24.3 Å². The number of hydrogen-bond donors (Lipinski definition) is 3. The Morgan fingerprint density at radius 1 is 1.07 bits per heavy atom. The number of carbonyl (C=O) groups is 2. The van der Waals surface area contributed by atoms with E-state index >= 15 is 0 Å². The van der Waals surface area contributed by atoms with Gasteiger partial charge in [-0.25, -0.2) is 13.6 Å². The van der Waals surface area contributed by atoms with Crippen LogP contribution in [-0.4, -0.2) is 42.2 Å². The van der Waals surface area contributed by atoms with E-state index in [4.69, 9.17) is 5.73 Å². The number of benzene rings is 2. The third-order valence-corrected chi connectivity index (χ3v) is 4.13. The Bertz CT molecular complexity index is 805. The molecular formula is C19H20F2N2O4. The van der Waals surface area contributed by atoms with Crippen molar-refractivity contribution in [3.63, 3.8) is 0 Å². The van der Waals surface area contributed by atoms with Crippen LogP contribution in [0.1, 0.15) is 17.3 Å². The summed E-state index contributed by atoms with van der Waals surface area (Å²) in [6.45, 7) is 0.754. The van der Waals surface area contributed by atoms with Crippen LogP contribution >= 0.6 is 0 Å². The average molecular weight is 378 g/mol. The van der Waals surface area contributed by atoms with Crippen molar-refractivity contribution in [2.75, 3.05) is 12.8 Å². The Kier molecular flexibility index (Phi) is 6.12. The van der Waals surface area contributed by atoms with Crippen LogP contribution in [0.15, 0.2) is 48.5 Å². The minimum atomic E-state index is -3.27. The van der Waals surface area contributed by atoms with Crippen molar-refractivity contribution in [1.29, 1.82) is 0 Å². The Morgan fingerprint density at radius 3 is 2.00 bits per heavy atom. The molecule has 0 aliphatic carbocycles. The van der Waals surface area contributed by atoms with Gasteiger partial charge in [-0.1, -0.05) is 24.3 Å². The fourth-order valence-electron chi connectivity index (χ4n) is 2.39. The van der Waals surface area contributed by atoms with E-state index in [2.05, 4.69) is 10.1 Å². The highest BCUT2D eigenvalue weighted by atomic mass is 19.3. The minimum Gasteiger partial charge on any atom is -0.467 e. The standard InChI is InChI=1S/C19H20F2N2O4/c1-19(26,18(20)21)15(17(25)27-2)23-16(24)13-5-3-11(4-6-13)12-7-9-14(22)10-8-12/h3-10,15,18,26H,22H2,1-2H3,(H,23,24)/t15-,19+/m1/s1. The second-order valence-electron chi connectivity index (χ2n) is 6.16. The van der Waals surface area contributed by atoms with E-state index in [0.717, 1.165) is 25.2 Å². The van der Waals surface area contributed by atoms with Crippen molar-refractivity contribution in [3.05, 3.63) is 54.1 Å². The zero-order valence-corrected chi connectivity index (χ0v) is 14.8. The maximum atomic E-state index is 13.1. The highest BCUT2D eigenvalue weighted by Crippen LogP contribution is 2.23. The van der Waals surface area contributed by atoms with Gasteiger partial charge in [0.15, 0.2) is 11.6 Å². The number of carbonyl (C=O) groups excluding carboxylic acids is 2. The highest BCUT2D eigenvalue weighted by Gasteiger charge is 2.46. The van der Waals surface area contributed by atoms with Crippen molar-refractivity contribution >= 4 is 17.6 Å². The number of ether oxygens (including phenoxy) is 1. The van der Waals surface area contributed by atoms with Gasteiger partial charge in [0.25, 0.3) is 12.3 Å². The molecule has 8 heteroatoms. The summed E-state index contributed by atoms with van der Waals surface area (Å²) in [5.41, 5.74) is 5.30. The lowest BCUT2D eigenvalue weighted by atomic mass is 9.96. The molecule has 0 heterocycles. The molecule has 2 atom stereocenters. The molecule has 0 radical (unpaired) electrons. The smallest absolute Gasteiger partial charge is 0.331 e. The van der Waals surface area contributed by atoms with Crippen molar-refractivity contribution in [2.24, 2.45) is 0 Å². The van der Waals surface area contributed by atoms with Gasteiger partial charge in [-0.2, -0.15) is 0 Å². The van der Waals surface area contributed by atoms with E-state index < -0.39 is 29.9 Å². The van der Waals surface area contributed by atoms with Gasteiger partial charge in [-0.05, 0) is 42.3 Å². The monoisotopic (exact) mass is 378 g/mol. The molecule has 0 saturated heterocycles. The van der Waals surface area contributed by atoms with E-state index in [-0.39, 0.29) is 5.56 Å². The number of aliphatic hydroxyl groups is 1. The van der Waals surface area contributed by atoms with E-state index in [1.807, 2.05) is 12.1 Å². The van der Waals surface area contributed by atoms with Crippen LogP contribution in [0.2, 0.25) is 0 Å². The van der Waals surface area contributed by atoms with Gasteiger partial charge in [-0.3, -0.25) is 4.79 Å². The molecule has 0 unspecified atom stereocenters. The largest absolute Gasteiger partial charge is 0.467 e. The molecule has 2 aromatic rings. The van der Waals surface area contributed by atoms with Gasteiger partial charge >= 0.3 is 5.97 Å². The first-order valence-corrected chi connectivity index (χ1v) is 8.02. The molecule has 0 saturated carbocycles. The molecule has 1 amide bonds. The maximum absolute atomic E-state index is 13.1. The summed E-state index contributed by atoms with van der Waals surface area (Å²) >= 11 is 0. The summed E-state index contributed by atoms with van der Waals surface area (Å²) in [6, 6.07) is 11.5. The SMILES string of the molecule is COC(=O)[C@@H](NC(=O)c1ccc(-c2ccc(N)cc2)cc1)[C@](C)(O)C(F)F. The van der Waals surface area contributed by atoms with E-state index in [0.29, 0.717) is 5.69 Å². The van der Waals surface area contributed by atoms with Crippen LogP contribution in [0, 0.1) is 0 Å². The number of amides is 1. The number of esters is 1. The molecule has 0 fully saturated rings. The Morgan fingerprint density at radius 2 is 1.56 bits per heavy atom. The number of nitrogen functional groups attached to an aromatic ring is 1. The number of hydrogen-bond acceptors (Lipinski definition) is 5. The summed E-state index contributed by atoms with van der Waals surface area (Å²) < 4.78 is 30.5. The number of nitrogens with one attached hydrogen (secondary N) is 1. The van der Waals surface area contributed by atoms with Crippen molar-refractivity contribution in [2.45, 2.75) is 25.0 Å². The second kappa shape index (κ2) is 8.13. The first-order chi connectivity index (χ1) is 12.7. The van der Waals surface area contributed by atoms with Crippen LogP contribution in [0.25, 0.3) is 11.1 Å². The quantitative estimate of drug-likeness (QED) is 0.529. The van der Waals surface area contributed by atoms with Crippen LogP contribution in [0.5, 0.6) is 0 Å². The fraction of sp³-hybridized carbons (Fsp3) is 0.263. The van der Waals surface area contributed by atoms with Crippen LogP contribution in [0.4, 0.5) is 14.5 Å². The van der Waals surface area contributed by atoms with Crippen molar-refractivity contribution in [3.8, 4) is 11.1 Å². The van der Waals surface area contributed by atoms with E-state index in [9.17, 15) is 23.5 Å². The van der Waals surface area contributed by atoms with Gasteiger partial charge in [0.2, 0.25) is 0 Å². The van der Waals surface area contributed by atoms with Crippen molar-refractivity contribution < 1.29 is 28.2 Å². The number of anilines is 1. The second-order valence-corrected chi connectivity index (χ2v) is 6.16. The lowest BCUT2D eigenvalue weighted by molar-refractivity contribution is -0.160. The first kappa shape index (κ1) is 20.3. The lowest BCUT2D eigenvalue weighted by Crippen LogP contribution is -2.59. The molecule has 27 heavy (non-hydrogen) atoms. The minimum absolute atomic E-state index is 0.133. The molecule has 144 valence electrons. The van der Waals surface area contributed by atoms with Gasteiger partial charge < -0.3 is 20.9 Å². The number of methoxy groups -OCH3 is 1. The predicted molar refractivity (Wildman–Crippen MR) is 96.2 cm³/mol. The number of halogens is 2. The predicted octanol–water partition coefficient (Wildman–Crippen LogP) is 2.22. The molecule has 4 N–H and O–H groups in total. The Balaban J connectivity index is 2.20. The molecule has 0 bridgehead atoms. The topological polar surface area (TPSA) is 102 Å². The number of alkyl halides is 2. The molecule has 0 spiro atoms. The third kappa shape index (κ3) is 4.59. The van der Waals surface area contributed by atoms with Gasteiger partial charge in [0.1, 0.15) is 0 Å². The summed E-state index contributed by atoms with van der Waals surface area (Å²) in [7, 11) is 0.977. The summed E-state index contributed by atoms with van der Waals surface area (Å²) in [4.78, 5) is 24.1. The van der Waals surface area contributed by atoms with Gasteiger partial charge in [-0.15, -0.1) is 0 Å². The number of rotatable bonds is 6. The number of nitrogens with two attached hydrogens (primary N) is 1. The fourth-order valence-corrected chi connectivity index (χ4v) is 2.39. The normalized spacial score (nSPS) is 14.3. The molecule has 0 aliphatic heterocycles. The molecule has 6 nitrogen and oxygen atoms in total. The van der Waals surface area contributed by atoms with E-state index in [1.165, 1.54) is 12.1 Å². The van der Waals surface area contributed by atoms with Crippen molar-refractivity contribution in [1.82, 2.24) is 5.32 Å². The molecule has 0 aromatic heterocycles. The van der Waals surface area contributed by atoms with Gasteiger partial charge in [0, 0.05) is 11.3 Å². The maximum Gasteiger partial charge on any atom is 0.331 e. The zero-order valence-electron chi connectivity index (χ0n) is 14.8. The molecule has 2 aromatic carbocycles. The Labute approximate surface area is 154 Å². The first-order valence-electron chi connectivity index (χ1n) is 8.02.